The van der Waals surface area contributed by atoms with E-state index in [4.69, 9.17) is 0 Å². The summed E-state index contributed by atoms with van der Waals surface area (Å²) in [5.41, 5.74) is 5.95. The third kappa shape index (κ3) is 3.94. The van der Waals surface area contributed by atoms with Crippen LogP contribution in [0.5, 0.6) is 0 Å². The van der Waals surface area contributed by atoms with Crippen LogP contribution in [0.4, 0.5) is 4.39 Å². The van der Waals surface area contributed by atoms with E-state index in [2.05, 4.69) is 32.6 Å². The van der Waals surface area contributed by atoms with Gasteiger partial charge in [-0.15, -0.1) is 0 Å². The number of nitrogens with one attached hydrogen (secondary N) is 1. The minimum absolute atomic E-state index is 0.247. The van der Waals surface area contributed by atoms with E-state index >= 15 is 0 Å². The Balaban J connectivity index is 1.64. The molecule has 2 aromatic rings. The zero-order valence-electron chi connectivity index (χ0n) is 13.0. The average molecular weight is 310 g/mol. The second-order valence-corrected chi connectivity index (χ2v) is 5.43. The zero-order valence-corrected chi connectivity index (χ0v) is 13.0. The van der Waals surface area contributed by atoms with Gasteiger partial charge in [-0.05, 0) is 30.2 Å². The fourth-order valence-corrected chi connectivity index (χ4v) is 2.44. The molecule has 0 aromatic heterocycles. The predicted molar refractivity (Wildman–Crippen MR) is 90.9 cm³/mol. The molecule has 3 rings (SSSR count). The van der Waals surface area contributed by atoms with Crippen molar-refractivity contribution < 1.29 is 4.39 Å². The first kappa shape index (κ1) is 15.2. The van der Waals surface area contributed by atoms with Crippen molar-refractivity contribution in [1.82, 2.24) is 10.3 Å². The molecule has 0 bridgehead atoms. The summed E-state index contributed by atoms with van der Waals surface area (Å²) in [4.78, 5) is 6.62. The molecule has 0 unspecified atom stereocenters. The van der Waals surface area contributed by atoms with Gasteiger partial charge in [-0.25, -0.2) is 14.8 Å². The van der Waals surface area contributed by atoms with E-state index in [1.165, 1.54) is 17.7 Å². The maximum absolute atomic E-state index is 13.0. The molecule has 2 aromatic carbocycles. The Morgan fingerprint density at radius 2 is 1.91 bits per heavy atom. The van der Waals surface area contributed by atoms with Gasteiger partial charge >= 0.3 is 0 Å². The molecule has 0 amide bonds. The van der Waals surface area contributed by atoms with Crippen molar-refractivity contribution >= 4 is 11.7 Å². The highest BCUT2D eigenvalue weighted by Gasteiger charge is 2.16. The van der Waals surface area contributed by atoms with E-state index in [1.807, 2.05) is 25.1 Å². The lowest BCUT2D eigenvalue weighted by molar-refractivity contribution is 0.438. The summed E-state index contributed by atoms with van der Waals surface area (Å²) >= 11 is 0. The second-order valence-electron chi connectivity index (χ2n) is 5.43. The molecule has 0 radical (unpaired) electrons. The SMILES string of the molecule is C/C(=N/NC1=NCCN1Cc1ccccc1)c1ccc(F)cc1. The average Bonchev–Trinajstić information content (AvgIpc) is 3.01. The van der Waals surface area contributed by atoms with Gasteiger partial charge in [0.1, 0.15) is 5.82 Å². The Labute approximate surface area is 135 Å². The molecule has 1 heterocycles. The first-order valence-electron chi connectivity index (χ1n) is 7.62. The van der Waals surface area contributed by atoms with Crippen LogP contribution in [0.1, 0.15) is 18.1 Å². The van der Waals surface area contributed by atoms with Gasteiger partial charge in [-0.2, -0.15) is 5.10 Å². The van der Waals surface area contributed by atoms with Gasteiger partial charge in [0.25, 0.3) is 0 Å². The number of guanidine groups is 1. The molecule has 0 saturated carbocycles. The van der Waals surface area contributed by atoms with Gasteiger partial charge in [0.15, 0.2) is 0 Å². The van der Waals surface area contributed by atoms with Crippen LogP contribution in [0.25, 0.3) is 0 Å². The lowest BCUT2D eigenvalue weighted by Gasteiger charge is -2.19. The summed E-state index contributed by atoms with van der Waals surface area (Å²) in [6, 6.07) is 16.6. The van der Waals surface area contributed by atoms with Crippen LogP contribution >= 0.6 is 0 Å². The van der Waals surface area contributed by atoms with Crippen LogP contribution in [0, 0.1) is 5.82 Å². The first-order valence-corrected chi connectivity index (χ1v) is 7.62. The third-order valence-corrected chi connectivity index (χ3v) is 3.73. The Morgan fingerprint density at radius 3 is 2.65 bits per heavy atom. The lowest BCUT2D eigenvalue weighted by atomic mass is 10.1. The van der Waals surface area contributed by atoms with Gasteiger partial charge in [-0.3, -0.25) is 0 Å². The highest BCUT2D eigenvalue weighted by molar-refractivity contribution is 5.99. The van der Waals surface area contributed by atoms with Gasteiger partial charge in [0, 0.05) is 13.1 Å². The molecule has 0 aliphatic carbocycles. The minimum Gasteiger partial charge on any atom is -0.335 e. The summed E-state index contributed by atoms with van der Waals surface area (Å²) in [6.07, 6.45) is 0. The topological polar surface area (TPSA) is 40.0 Å². The van der Waals surface area contributed by atoms with Crippen LogP contribution in [-0.2, 0) is 6.54 Å². The van der Waals surface area contributed by atoms with Crippen molar-refractivity contribution in [2.45, 2.75) is 13.5 Å². The molecule has 23 heavy (non-hydrogen) atoms. The predicted octanol–water partition coefficient (Wildman–Crippen LogP) is 3.01. The van der Waals surface area contributed by atoms with Crippen molar-refractivity contribution in [3.05, 3.63) is 71.5 Å². The molecule has 1 N–H and O–H groups in total. The van der Waals surface area contributed by atoms with Crippen molar-refractivity contribution in [1.29, 1.82) is 0 Å². The summed E-state index contributed by atoms with van der Waals surface area (Å²) in [7, 11) is 0. The molecule has 118 valence electrons. The van der Waals surface area contributed by atoms with Gasteiger partial charge < -0.3 is 4.90 Å². The van der Waals surface area contributed by atoms with Crippen LogP contribution in [0.2, 0.25) is 0 Å². The van der Waals surface area contributed by atoms with Crippen molar-refractivity contribution in [2.24, 2.45) is 10.1 Å². The Morgan fingerprint density at radius 1 is 1.17 bits per heavy atom. The number of rotatable bonds is 4. The summed E-state index contributed by atoms with van der Waals surface area (Å²) in [5.74, 6) is 0.527. The summed E-state index contributed by atoms with van der Waals surface area (Å²) < 4.78 is 13.0. The molecule has 0 saturated heterocycles. The van der Waals surface area contributed by atoms with E-state index in [-0.39, 0.29) is 5.82 Å². The minimum atomic E-state index is -0.247. The summed E-state index contributed by atoms with van der Waals surface area (Å²) in [5, 5.41) is 4.37. The molecular formula is C18H19FN4. The number of aliphatic imine (C=N–C) groups is 1. The molecule has 0 atom stereocenters. The maximum Gasteiger partial charge on any atom is 0.215 e. The van der Waals surface area contributed by atoms with Crippen LogP contribution in [-0.4, -0.2) is 29.7 Å². The number of halogens is 1. The van der Waals surface area contributed by atoms with Crippen molar-refractivity contribution in [3.8, 4) is 0 Å². The fraction of sp³-hybridized carbons (Fsp3) is 0.222. The van der Waals surface area contributed by atoms with Gasteiger partial charge in [-0.1, -0.05) is 42.5 Å². The normalized spacial score (nSPS) is 14.8. The highest BCUT2D eigenvalue weighted by atomic mass is 19.1. The van der Waals surface area contributed by atoms with Gasteiger partial charge in [0.05, 0.1) is 12.3 Å². The van der Waals surface area contributed by atoms with Crippen LogP contribution < -0.4 is 5.43 Å². The number of hydrogen-bond acceptors (Lipinski definition) is 4. The first-order chi connectivity index (χ1) is 11.2. The molecule has 0 spiro atoms. The maximum atomic E-state index is 13.0. The Bertz CT molecular complexity index is 708. The molecule has 0 fully saturated rings. The summed E-state index contributed by atoms with van der Waals surface area (Å²) in [6.45, 7) is 4.33. The van der Waals surface area contributed by atoms with Gasteiger partial charge in [0.2, 0.25) is 5.96 Å². The standard InChI is InChI=1S/C18H19FN4/c1-14(16-7-9-17(19)10-8-16)21-22-18-20-11-12-23(18)13-15-5-3-2-4-6-15/h2-10H,11-13H2,1H3,(H,20,22)/b21-14-. The fourth-order valence-electron chi connectivity index (χ4n) is 2.44. The quantitative estimate of drug-likeness (QED) is 0.696. The van der Waals surface area contributed by atoms with E-state index in [0.29, 0.717) is 0 Å². The molecule has 1 aliphatic rings. The van der Waals surface area contributed by atoms with E-state index in [1.54, 1.807) is 12.1 Å². The lowest BCUT2D eigenvalue weighted by Crippen LogP contribution is -2.35. The smallest absolute Gasteiger partial charge is 0.215 e. The van der Waals surface area contributed by atoms with Crippen molar-refractivity contribution in [2.75, 3.05) is 13.1 Å². The molecular weight excluding hydrogens is 291 g/mol. The van der Waals surface area contributed by atoms with Crippen LogP contribution in [0.15, 0.2) is 64.7 Å². The van der Waals surface area contributed by atoms with E-state index in [0.717, 1.165) is 36.9 Å². The monoisotopic (exact) mass is 310 g/mol. The number of nitrogens with zero attached hydrogens (tertiary/aromatic N) is 3. The Hall–Kier alpha value is -2.69. The van der Waals surface area contributed by atoms with Crippen molar-refractivity contribution in [3.63, 3.8) is 0 Å². The Kier molecular flexibility index (Phi) is 4.66. The molecule has 1 aliphatic heterocycles. The highest BCUT2D eigenvalue weighted by Crippen LogP contribution is 2.09. The number of hydrazone groups is 1. The largest absolute Gasteiger partial charge is 0.335 e. The zero-order chi connectivity index (χ0) is 16.1. The number of benzene rings is 2. The van der Waals surface area contributed by atoms with E-state index < -0.39 is 0 Å². The third-order valence-electron chi connectivity index (χ3n) is 3.73. The van der Waals surface area contributed by atoms with E-state index in [9.17, 15) is 4.39 Å². The second kappa shape index (κ2) is 7.05. The van der Waals surface area contributed by atoms with Crippen LogP contribution in [0.3, 0.4) is 0 Å². The molecule has 4 nitrogen and oxygen atoms in total. The number of hydrogen-bond donors (Lipinski definition) is 1. The molecule has 5 heteroatoms.